The summed E-state index contributed by atoms with van der Waals surface area (Å²) in [5, 5.41) is 3.79. The van der Waals surface area contributed by atoms with Crippen LogP contribution in [0.1, 0.15) is 36.2 Å². The van der Waals surface area contributed by atoms with Gasteiger partial charge in [0.25, 0.3) is 0 Å². The standard InChI is InChI=1S/C16H18INS2/c1-2-19-15-8-4-3-6-13(15)18-12-7-5-9-14-11(12)10-16(17)20-14/h3-4,6,8,10,12,18H,2,5,7,9H2,1H3. The van der Waals surface area contributed by atoms with Crippen LogP contribution in [0, 0.1) is 2.88 Å². The fourth-order valence-electron chi connectivity index (χ4n) is 2.73. The number of nitrogens with one attached hydrogen (secondary N) is 1. The average Bonchev–Trinajstić information content (AvgIpc) is 2.83. The van der Waals surface area contributed by atoms with Crippen LogP contribution in [0.4, 0.5) is 5.69 Å². The van der Waals surface area contributed by atoms with E-state index in [-0.39, 0.29) is 0 Å². The normalized spacial score (nSPS) is 17.8. The van der Waals surface area contributed by atoms with Gasteiger partial charge in [-0.3, -0.25) is 0 Å². The number of benzene rings is 1. The fraction of sp³-hybridized carbons (Fsp3) is 0.375. The molecule has 0 radical (unpaired) electrons. The molecular formula is C16H18INS2. The van der Waals surface area contributed by atoms with Crippen LogP contribution in [0.25, 0.3) is 0 Å². The molecule has 0 saturated carbocycles. The fourth-order valence-corrected chi connectivity index (χ4v) is 5.61. The molecule has 1 aromatic carbocycles. The van der Waals surface area contributed by atoms with Crippen molar-refractivity contribution in [1.29, 1.82) is 0 Å². The van der Waals surface area contributed by atoms with Gasteiger partial charge in [0.1, 0.15) is 0 Å². The highest BCUT2D eigenvalue weighted by molar-refractivity contribution is 14.1. The van der Waals surface area contributed by atoms with Gasteiger partial charge in [-0.1, -0.05) is 19.1 Å². The molecule has 106 valence electrons. The van der Waals surface area contributed by atoms with Crippen molar-refractivity contribution < 1.29 is 0 Å². The second kappa shape index (κ2) is 6.71. The molecule has 0 saturated heterocycles. The monoisotopic (exact) mass is 415 g/mol. The molecule has 1 nitrogen and oxygen atoms in total. The van der Waals surface area contributed by atoms with E-state index in [9.17, 15) is 0 Å². The van der Waals surface area contributed by atoms with Crippen molar-refractivity contribution in [2.75, 3.05) is 11.1 Å². The molecule has 0 bridgehead atoms. The molecule has 2 aromatic rings. The van der Waals surface area contributed by atoms with Gasteiger partial charge in [0, 0.05) is 15.5 Å². The lowest BCUT2D eigenvalue weighted by Gasteiger charge is -2.25. The van der Waals surface area contributed by atoms with Gasteiger partial charge in [-0.2, -0.15) is 0 Å². The lowest BCUT2D eigenvalue weighted by atomic mass is 9.94. The molecule has 3 rings (SSSR count). The van der Waals surface area contributed by atoms with Crippen LogP contribution in [-0.2, 0) is 6.42 Å². The number of fused-ring (bicyclic) bond motifs is 1. The Hall–Kier alpha value is -0.200. The van der Waals surface area contributed by atoms with Gasteiger partial charge in [-0.05, 0) is 71.4 Å². The summed E-state index contributed by atoms with van der Waals surface area (Å²) < 4.78 is 1.41. The number of halogens is 1. The zero-order valence-electron chi connectivity index (χ0n) is 11.5. The zero-order valence-corrected chi connectivity index (χ0v) is 15.3. The Labute approximate surface area is 142 Å². The minimum Gasteiger partial charge on any atom is -0.377 e. The Morgan fingerprint density at radius 1 is 1.40 bits per heavy atom. The molecule has 1 unspecified atom stereocenters. The van der Waals surface area contributed by atoms with Gasteiger partial charge in [-0.25, -0.2) is 0 Å². The third-order valence-electron chi connectivity index (χ3n) is 3.60. The third kappa shape index (κ3) is 3.17. The van der Waals surface area contributed by atoms with Crippen molar-refractivity contribution in [2.45, 2.75) is 37.1 Å². The number of para-hydroxylation sites is 1. The second-order valence-electron chi connectivity index (χ2n) is 4.95. The summed E-state index contributed by atoms with van der Waals surface area (Å²) in [6, 6.07) is 11.5. The number of anilines is 1. The molecule has 1 heterocycles. The minimum absolute atomic E-state index is 0.483. The predicted octanol–water partition coefficient (Wildman–Crippen LogP) is 5.95. The van der Waals surface area contributed by atoms with Gasteiger partial charge in [-0.15, -0.1) is 23.1 Å². The quantitative estimate of drug-likeness (QED) is 0.489. The number of rotatable bonds is 4. The van der Waals surface area contributed by atoms with E-state index in [2.05, 4.69) is 65.2 Å². The Bertz CT molecular complexity index is 594. The van der Waals surface area contributed by atoms with Crippen LogP contribution in [0.15, 0.2) is 35.2 Å². The number of hydrogen-bond donors (Lipinski definition) is 1. The van der Waals surface area contributed by atoms with Gasteiger partial charge < -0.3 is 5.32 Å². The molecule has 1 aliphatic carbocycles. The first-order valence-corrected chi connectivity index (χ1v) is 9.92. The van der Waals surface area contributed by atoms with Crippen LogP contribution in [0.2, 0.25) is 0 Å². The van der Waals surface area contributed by atoms with Crippen LogP contribution < -0.4 is 5.32 Å². The predicted molar refractivity (Wildman–Crippen MR) is 99.2 cm³/mol. The summed E-state index contributed by atoms with van der Waals surface area (Å²) in [7, 11) is 0. The van der Waals surface area contributed by atoms with Crippen molar-refractivity contribution in [2.24, 2.45) is 0 Å². The van der Waals surface area contributed by atoms with Crippen molar-refractivity contribution in [1.82, 2.24) is 0 Å². The molecule has 1 N–H and O–H groups in total. The average molecular weight is 415 g/mol. The Balaban J connectivity index is 1.85. The maximum Gasteiger partial charge on any atom is 0.0660 e. The van der Waals surface area contributed by atoms with Crippen LogP contribution in [0.3, 0.4) is 0 Å². The van der Waals surface area contributed by atoms with E-state index in [1.165, 1.54) is 38.3 Å². The topological polar surface area (TPSA) is 12.0 Å². The van der Waals surface area contributed by atoms with Crippen LogP contribution in [0.5, 0.6) is 0 Å². The summed E-state index contributed by atoms with van der Waals surface area (Å²) in [6.07, 6.45) is 3.79. The highest BCUT2D eigenvalue weighted by Gasteiger charge is 2.23. The first kappa shape index (κ1) is 14.7. The smallest absolute Gasteiger partial charge is 0.0660 e. The SMILES string of the molecule is CCSc1ccccc1NC1CCCc2sc(I)cc21. The summed E-state index contributed by atoms with van der Waals surface area (Å²) in [4.78, 5) is 2.95. The highest BCUT2D eigenvalue weighted by atomic mass is 127. The second-order valence-corrected chi connectivity index (χ2v) is 9.28. The minimum atomic E-state index is 0.483. The van der Waals surface area contributed by atoms with Gasteiger partial charge in [0.05, 0.1) is 8.93 Å². The molecule has 0 aliphatic heterocycles. The summed E-state index contributed by atoms with van der Waals surface area (Å²) in [6.45, 7) is 2.21. The Morgan fingerprint density at radius 3 is 3.10 bits per heavy atom. The molecule has 0 amide bonds. The van der Waals surface area contributed by atoms with Crippen molar-refractivity contribution in [3.8, 4) is 0 Å². The molecule has 4 heteroatoms. The van der Waals surface area contributed by atoms with E-state index in [0.29, 0.717) is 6.04 Å². The lowest BCUT2D eigenvalue weighted by molar-refractivity contribution is 0.608. The van der Waals surface area contributed by atoms with E-state index >= 15 is 0 Å². The van der Waals surface area contributed by atoms with Crippen molar-refractivity contribution in [3.63, 3.8) is 0 Å². The van der Waals surface area contributed by atoms with Gasteiger partial charge in [0.2, 0.25) is 0 Å². The number of hydrogen-bond acceptors (Lipinski definition) is 3. The first-order valence-electron chi connectivity index (χ1n) is 7.04. The van der Waals surface area contributed by atoms with Crippen LogP contribution >= 0.6 is 45.7 Å². The zero-order chi connectivity index (χ0) is 13.9. The molecule has 0 fully saturated rings. The van der Waals surface area contributed by atoms with E-state index in [1.807, 2.05) is 23.1 Å². The van der Waals surface area contributed by atoms with Gasteiger partial charge in [0.15, 0.2) is 0 Å². The summed E-state index contributed by atoms with van der Waals surface area (Å²) >= 11 is 6.32. The molecule has 1 aromatic heterocycles. The molecule has 1 atom stereocenters. The molecule has 20 heavy (non-hydrogen) atoms. The molecule has 0 spiro atoms. The van der Waals surface area contributed by atoms with Gasteiger partial charge >= 0.3 is 0 Å². The summed E-state index contributed by atoms with van der Waals surface area (Å²) in [5.74, 6) is 1.12. The first-order chi connectivity index (χ1) is 9.78. The number of thiophene rings is 1. The number of aryl methyl sites for hydroxylation is 1. The molecular weight excluding hydrogens is 397 g/mol. The maximum atomic E-state index is 3.79. The van der Waals surface area contributed by atoms with Crippen LogP contribution in [-0.4, -0.2) is 5.75 Å². The Morgan fingerprint density at radius 2 is 2.25 bits per heavy atom. The molecule has 1 aliphatic rings. The van der Waals surface area contributed by atoms with Crippen molar-refractivity contribution >= 4 is 51.4 Å². The maximum absolute atomic E-state index is 3.79. The largest absolute Gasteiger partial charge is 0.377 e. The van der Waals surface area contributed by atoms with E-state index in [0.717, 1.165) is 5.75 Å². The highest BCUT2D eigenvalue weighted by Crippen LogP contribution is 2.39. The van der Waals surface area contributed by atoms with E-state index in [1.54, 1.807) is 4.88 Å². The summed E-state index contributed by atoms with van der Waals surface area (Å²) in [5.41, 5.74) is 2.82. The van der Waals surface area contributed by atoms with Crippen molar-refractivity contribution in [3.05, 3.63) is 43.7 Å². The Kier molecular flexibility index (Phi) is 4.94. The van der Waals surface area contributed by atoms with E-state index < -0.39 is 0 Å². The third-order valence-corrected chi connectivity index (χ3v) is 6.53. The number of thioether (sulfide) groups is 1. The lowest BCUT2D eigenvalue weighted by Crippen LogP contribution is -2.16. The van der Waals surface area contributed by atoms with E-state index in [4.69, 9.17) is 0 Å².